The van der Waals surface area contributed by atoms with Gasteiger partial charge in [0.1, 0.15) is 0 Å². The molecule has 3 rings (SSSR count). The Morgan fingerprint density at radius 2 is 1.36 bits per heavy atom. The number of hydrogen-bond donors (Lipinski definition) is 0. The van der Waals surface area contributed by atoms with Gasteiger partial charge in [-0.05, 0) is 63.2 Å². The van der Waals surface area contributed by atoms with Gasteiger partial charge in [0.25, 0.3) is 0 Å². The monoisotopic (exact) mass is 360 g/mol. The van der Waals surface area contributed by atoms with Crippen LogP contribution in [0.2, 0.25) is 0 Å². The first kappa shape index (κ1) is 17.0. The van der Waals surface area contributed by atoms with Crippen LogP contribution in [-0.4, -0.2) is 32.1 Å². The molecule has 2 nitrogen and oxygen atoms in total. The first-order valence-corrected chi connectivity index (χ1v) is 7.84. The Morgan fingerprint density at radius 3 is 1.86 bits per heavy atom. The lowest BCUT2D eigenvalue weighted by atomic mass is 10.0. The molecule has 118 valence electrons. The summed E-state index contributed by atoms with van der Waals surface area (Å²) in [4.78, 5) is 4.77. The Bertz CT molecular complexity index is 562. The van der Waals surface area contributed by atoms with Crippen molar-refractivity contribution in [2.75, 3.05) is 32.1 Å². The van der Waals surface area contributed by atoms with Gasteiger partial charge in [-0.3, -0.25) is 0 Å². The van der Waals surface area contributed by atoms with Crippen LogP contribution in [0, 0.1) is 0 Å². The molecule has 0 aromatic heterocycles. The third-order valence-electron chi connectivity index (χ3n) is 4.22. The molecule has 2 aromatic rings. The Kier molecular flexibility index (Phi) is 6.04. The van der Waals surface area contributed by atoms with Gasteiger partial charge in [0.05, 0.1) is 0 Å². The van der Waals surface area contributed by atoms with Crippen molar-refractivity contribution in [1.82, 2.24) is 4.90 Å². The lowest BCUT2D eigenvalue weighted by Gasteiger charge is -2.27. The number of rotatable bonds is 4. The van der Waals surface area contributed by atoms with Crippen LogP contribution in [0.1, 0.15) is 17.5 Å². The molecule has 1 aliphatic rings. The molecule has 0 saturated heterocycles. The molecule has 0 atom stereocenters. The second kappa shape index (κ2) is 7.80. The summed E-state index contributed by atoms with van der Waals surface area (Å²) >= 11 is 0. The van der Waals surface area contributed by atoms with E-state index in [1.54, 1.807) is 0 Å². The number of benzene rings is 2. The maximum atomic E-state index is 2.52. The first-order chi connectivity index (χ1) is 10.3. The maximum Gasteiger partial charge on any atom is 0.0443 e. The zero-order chi connectivity index (χ0) is 14.7. The van der Waals surface area contributed by atoms with Crippen molar-refractivity contribution < 1.29 is 0 Å². The molecule has 0 aliphatic carbocycles. The molecule has 0 fully saturated rings. The van der Waals surface area contributed by atoms with E-state index in [0.29, 0.717) is 0 Å². The maximum absolute atomic E-state index is 2.52. The van der Waals surface area contributed by atoms with Gasteiger partial charge in [0.15, 0.2) is 0 Å². The Balaban J connectivity index is 0.00000176. The second-order valence-corrected chi connectivity index (χ2v) is 6.07. The average Bonchev–Trinajstić information content (AvgIpc) is 2.65. The van der Waals surface area contributed by atoms with Crippen LogP contribution >= 0.6 is 17.0 Å². The van der Waals surface area contributed by atoms with Crippen molar-refractivity contribution in [3.8, 4) is 0 Å². The van der Waals surface area contributed by atoms with Gasteiger partial charge in [-0.25, -0.2) is 0 Å². The van der Waals surface area contributed by atoms with Crippen molar-refractivity contribution in [2.45, 2.75) is 19.3 Å². The largest absolute Gasteiger partial charge is 0.341 e. The molecule has 1 aliphatic heterocycles. The smallest absolute Gasteiger partial charge is 0.0443 e. The fourth-order valence-electron chi connectivity index (χ4n) is 3.16. The van der Waals surface area contributed by atoms with Gasteiger partial charge in [-0.2, -0.15) is 0 Å². The normalized spacial score (nSPS) is 13.1. The fourth-order valence-corrected chi connectivity index (χ4v) is 3.16. The van der Waals surface area contributed by atoms with Crippen LogP contribution in [0.3, 0.4) is 0 Å². The number of para-hydroxylation sites is 2. The van der Waals surface area contributed by atoms with E-state index in [4.69, 9.17) is 0 Å². The van der Waals surface area contributed by atoms with E-state index in [1.807, 2.05) is 0 Å². The van der Waals surface area contributed by atoms with Crippen molar-refractivity contribution in [3.05, 3.63) is 59.7 Å². The molecule has 1 heterocycles. The Morgan fingerprint density at radius 1 is 0.864 bits per heavy atom. The van der Waals surface area contributed by atoms with Gasteiger partial charge in [-0.1, -0.05) is 36.4 Å². The molecule has 0 radical (unpaired) electrons. The summed E-state index contributed by atoms with van der Waals surface area (Å²) in [6, 6.07) is 17.7. The topological polar surface area (TPSA) is 6.48 Å². The molecule has 3 heteroatoms. The molecule has 2 aromatic carbocycles. The molecule has 0 N–H and O–H groups in total. The minimum atomic E-state index is 0. The van der Waals surface area contributed by atoms with Gasteiger partial charge in [0.2, 0.25) is 0 Å². The summed E-state index contributed by atoms with van der Waals surface area (Å²) < 4.78 is 0. The lowest BCUT2D eigenvalue weighted by Crippen LogP contribution is -2.23. The fraction of sp³-hybridized carbons (Fsp3) is 0.368. The molecular formula is C19H25BrN2. The van der Waals surface area contributed by atoms with E-state index in [0.717, 1.165) is 25.9 Å². The molecular weight excluding hydrogens is 336 g/mol. The van der Waals surface area contributed by atoms with E-state index >= 15 is 0 Å². The number of halogens is 1. The summed E-state index contributed by atoms with van der Waals surface area (Å²) in [5.74, 6) is 0. The zero-order valence-corrected chi connectivity index (χ0v) is 15.2. The number of anilines is 2. The summed E-state index contributed by atoms with van der Waals surface area (Å²) in [7, 11) is 4.29. The standard InChI is InChI=1S/C19H24N2.BrH/c1-20(2)14-7-15-21-18-10-5-3-8-16(18)12-13-17-9-4-6-11-19(17)21;/h3-6,8-11H,7,12-15H2,1-2H3;1H. The third kappa shape index (κ3) is 3.71. The lowest BCUT2D eigenvalue weighted by molar-refractivity contribution is 0.402. The van der Waals surface area contributed by atoms with Crippen molar-refractivity contribution in [3.63, 3.8) is 0 Å². The molecule has 0 spiro atoms. The van der Waals surface area contributed by atoms with E-state index in [9.17, 15) is 0 Å². The minimum Gasteiger partial charge on any atom is -0.341 e. The van der Waals surface area contributed by atoms with E-state index < -0.39 is 0 Å². The van der Waals surface area contributed by atoms with Crippen LogP contribution in [0.25, 0.3) is 0 Å². The van der Waals surface area contributed by atoms with Crippen molar-refractivity contribution in [1.29, 1.82) is 0 Å². The summed E-state index contributed by atoms with van der Waals surface area (Å²) in [6.07, 6.45) is 3.45. The molecule has 0 saturated carbocycles. The van der Waals surface area contributed by atoms with Crippen LogP contribution in [0.15, 0.2) is 48.5 Å². The van der Waals surface area contributed by atoms with E-state index in [2.05, 4.69) is 72.4 Å². The van der Waals surface area contributed by atoms with Crippen LogP contribution in [0.5, 0.6) is 0 Å². The van der Waals surface area contributed by atoms with Gasteiger partial charge in [0, 0.05) is 17.9 Å². The zero-order valence-electron chi connectivity index (χ0n) is 13.5. The van der Waals surface area contributed by atoms with Crippen LogP contribution in [-0.2, 0) is 12.8 Å². The minimum absolute atomic E-state index is 0. The van der Waals surface area contributed by atoms with Gasteiger partial charge in [-0.15, -0.1) is 17.0 Å². The van der Waals surface area contributed by atoms with Gasteiger partial charge < -0.3 is 9.80 Å². The third-order valence-corrected chi connectivity index (χ3v) is 4.22. The van der Waals surface area contributed by atoms with Gasteiger partial charge >= 0.3 is 0 Å². The Hall–Kier alpha value is -1.32. The first-order valence-electron chi connectivity index (χ1n) is 7.84. The summed E-state index contributed by atoms with van der Waals surface area (Å²) in [5, 5.41) is 0. The van der Waals surface area contributed by atoms with Crippen LogP contribution < -0.4 is 4.90 Å². The summed E-state index contributed by atoms with van der Waals surface area (Å²) in [5.41, 5.74) is 5.72. The quantitative estimate of drug-likeness (QED) is 0.794. The highest BCUT2D eigenvalue weighted by atomic mass is 79.9. The van der Waals surface area contributed by atoms with Crippen LogP contribution in [0.4, 0.5) is 11.4 Å². The van der Waals surface area contributed by atoms with E-state index in [-0.39, 0.29) is 17.0 Å². The highest BCUT2D eigenvalue weighted by molar-refractivity contribution is 8.93. The Labute approximate surface area is 144 Å². The number of hydrogen-bond acceptors (Lipinski definition) is 2. The van der Waals surface area contributed by atoms with Crippen molar-refractivity contribution in [2.24, 2.45) is 0 Å². The predicted molar refractivity (Wildman–Crippen MR) is 101 cm³/mol. The van der Waals surface area contributed by atoms with E-state index in [1.165, 1.54) is 28.9 Å². The van der Waals surface area contributed by atoms with Crippen molar-refractivity contribution >= 4 is 28.4 Å². The highest BCUT2D eigenvalue weighted by Crippen LogP contribution is 2.35. The summed E-state index contributed by atoms with van der Waals surface area (Å²) in [6.45, 7) is 2.20. The SMILES string of the molecule is Br.CN(C)CCCN1c2ccccc2CCc2ccccc21. The molecule has 0 amide bonds. The molecule has 0 unspecified atom stereocenters. The number of nitrogens with zero attached hydrogens (tertiary/aromatic N) is 2. The molecule has 0 bridgehead atoms. The predicted octanol–water partition coefficient (Wildman–Crippen LogP) is 4.45. The average molecular weight is 361 g/mol. The number of fused-ring (bicyclic) bond motifs is 2. The highest BCUT2D eigenvalue weighted by Gasteiger charge is 2.19. The number of aryl methyl sites for hydroxylation is 2. The second-order valence-electron chi connectivity index (χ2n) is 6.07. The molecule has 22 heavy (non-hydrogen) atoms.